The fourth-order valence-corrected chi connectivity index (χ4v) is 11.4. The quantitative estimate of drug-likeness (QED) is 0.118. The molecule has 6 heterocycles. The van der Waals surface area contributed by atoms with Gasteiger partial charge in [-0.2, -0.15) is 0 Å². The highest BCUT2D eigenvalue weighted by molar-refractivity contribution is 6.12. The van der Waals surface area contributed by atoms with Gasteiger partial charge in [-0.3, -0.25) is 39.0 Å². The van der Waals surface area contributed by atoms with Gasteiger partial charge in [-0.1, -0.05) is 354 Å². The van der Waals surface area contributed by atoms with Crippen molar-refractivity contribution in [3.05, 3.63) is 144 Å². The number of likely N-dealkylation sites (N-methyl/N-ethyl adjacent to an activating group) is 5. The molecule has 6 atom stereocenters. The Morgan fingerprint density at radius 3 is 1.12 bits per heavy atom. The van der Waals surface area contributed by atoms with Crippen molar-refractivity contribution >= 4 is 69.6 Å². The van der Waals surface area contributed by atoms with Crippen LogP contribution in [-0.2, 0) is 35.2 Å². The zero-order valence-corrected chi connectivity index (χ0v) is 86.3. The van der Waals surface area contributed by atoms with E-state index in [2.05, 4.69) is 35.1 Å². The Morgan fingerprint density at radius 1 is 0.331 bits per heavy atom. The van der Waals surface area contributed by atoms with Gasteiger partial charge in [-0.25, -0.2) is 0 Å². The number of nitrogens with zero attached hydrogens (tertiary/aromatic N) is 9. The summed E-state index contributed by atoms with van der Waals surface area (Å²) in [5.41, 5.74) is 12.1. The lowest BCUT2D eigenvalue weighted by Crippen LogP contribution is -2.39. The van der Waals surface area contributed by atoms with Crippen molar-refractivity contribution in [2.75, 3.05) is 95.1 Å². The third-order valence-corrected chi connectivity index (χ3v) is 16.8. The van der Waals surface area contributed by atoms with Gasteiger partial charge in [0.25, 0.3) is 17.9 Å². The van der Waals surface area contributed by atoms with E-state index in [9.17, 15) is 34.0 Å². The highest BCUT2D eigenvalue weighted by Crippen LogP contribution is 2.40. The molecule has 5 aromatic carbocycles. The molecule has 118 heavy (non-hydrogen) atoms. The number of carbonyl (C=O) groups is 6. The van der Waals surface area contributed by atoms with Crippen LogP contribution in [0.2, 0.25) is 0 Å². The molecule has 2 fully saturated rings. The lowest BCUT2D eigenvalue weighted by Gasteiger charge is -2.19. The fourth-order valence-electron chi connectivity index (χ4n) is 11.4. The van der Waals surface area contributed by atoms with Gasteiger partial charge in [0.05, 0.1) is 28.5 Å². The second-order valence-corrected chi connectivity index (χ2v) is 23.1. The van der Waals surface area contributed by atoms with Gasteiger partial charge < -0.3 is 34.3 Å². The van der Waals surface area contributed by atoms with Gasteiger partial charge in [-0.15, -0.1) is 0 Å². The lowest BCUT2D eigenvalue weighted by molar-refractivity contribution is -0.787. The van der Waals surface area contributed by atoms with Crippen LogP contribution in [0.3, 0.4) is 0 Å². The Balaban J connectivity index is -0.000000107. The van der Waals surface area contributed by atoms with E-state index in [4.69, 9.17) is 0 Å². The number of fused-ring (bicyclic) bond motifs is 6. The molecule has 5 aromatic rings. The fraction of sp³-hybridized carbons (Fsp3) is 0.627. The maximum absolute atomic E-state index is 12.4. The first-order valence-corrected chi connectivity index (χ1v) is 46.5. The Morgan fingerprint density at radius 2 is 0.661 bits per heavy atom. The number of benzene rings is 5. The van der Waals surface area contributed by atoms with E-state index < -0.39 is 6.04 Å². The third-order valence-electron chi connectivity index (χ3n) is 16.8. The summed E-state index contributed by atoms with van der Waals surface area (Å²) in [5.74, 6) is 1.35. The number of anilines is 4. The topological polar surface area (TPSA) is 161 Å². The predicted octanol–water partition coefficient (Wildman–Crippen LogP) is 27.5. The van der Waals surface area contributed by atoms with Crippen LogP contribution in [0.25, 0.3) is 11.1 Å². The summed E-state index contributed by atoms with van der Waals surface area (Å²) < 4.78 is 1.03. The van der Waals surface area contributed by atoms with Crippen LogP contribution in [-0.4, -0.2) is 159 Å². The molecule has 0 bridgehead atoms. The van der Waals surface area contributed by atoms with Crippen molar-refractivity contribution in [1.29, 1.82) is 0 Å². The monoisotopic (exact) mass is 1660 g/mol. The molecule has 1 N–H and O–H groups in total. The first-order valence-electron chi connectivity index (χ1n) is 46.5. The molecule has 16 heteroatoms. The number of benzodiazepines with no additional fused rings is 2. The molecule has 2 saturated heterocycles. The number of amides is 6. The van der Waals surface area contributed by atoms with E-state index in [0.717, 1.165) is 101 Å². The molecule has 6 aliphatic rings. The van der Waals surface area contributed by atoms with E-state index in [-0.39, 0.29) is 59.2 Å². The molecular formula is C102H192N9O7+. The highest BCUT2D eigenvalue weighted by Gasteiger charge is 2.36. The minimum Gasteiger partial charge on any atom is -0.346 e. The van der Waals surface area contributed by atoms with Gasteiger partial charge in [0.1, 0.15) is 6.04 Å². The summed E-state index contributed by atoms with van der Waals surface area (Å²) in [4.78, 5) is 87.8. The van der Waals surface area contributed by atoms with Crippen LogP contribution in [0.15, 0.2) is 126 Å². The first kappa shape index (κ1) is 136. The van der Waals surface area contributed by atoms with Crippen molar-refractivity contribution in [3.8, 4) is 11.1 Å². The Labute approximate surface area is 732 Å². The Bertz CT molecular complexity index is 3170. The van der Waals surface area contributed by atoms with Crippen LogP contribution in [0.4, 0.5) is 22.7 Å². The number of likely N-dealkylation sites (tertiary alicyclic amines) is 1. The van der Waals surface area contributed by atoms with Crippen LogP contribution in [0, 0.1) is 17.8 Å². The standard InChI is InChI=1S/C16H15NO.C12H15N2O2.C12H14N2O.C12H15NO.C8H16N2O.C8H15NO.17C2H6/c1-11-12-7-3-4-8-13(12)14-9-5-6-10-15(14)17(2)16(11)18;1-8-10-6-4-5-7-11(10)13(3)12(15)9(2)14(8)16;1-8-10-6-4-5-7-11(10)14(3)12(15)9(2)13-8;1-9-7-8-10-5-3-4-6-11(10)13(2)12(9)14;1-7-6-9(2)4-5-10(3)8(7)11;1-7-5-3-4-6-9(2)8(7)10;17*1-2/h3-11H,1-2H3;4-7,9,16H,1-3H3;4-7,9H,1-3H3;3-6,9H,7-8H2,1-2H3;7H,4-6H2,1-3H3;7H,3-6H2,1-2H3;17*1-2H3/q;+1;;;;;;;;;;;;;;;;;;;;;. The molecule has 11 rings (SSSR count). The Kier molecular flexibility index (Phi) is 105. The van der Waals surface area contributed by atoms with Gasteiger partial charge in [0, 0.05) is 123 Å². The van der Waals surface area contributed by atoms with Crippen molar-refractivity contribution in [1.82, 2.24) is 14.7 Å². The minimum absolute atomic E-state index is 0.0410. The minimum atomic E-state index is -0.558. The van der Waals surface area contributed by atoms with E-state index >= 15 is 0 Å². The number of aryl methyl sites for hydroxylation is 1. The number of carbonyl (C=O) groups excluding carboxylic acids is 6. The van der Waals surface area contributed by atoms with Crippen LogP contribution in [0.1, 0.15) is 345 Å². The molecule has 0 saturated carbocycles. The molecule has 6 unspecified atom stereocenters. The van der Waals surface area contributed by atoms with Gasteiger partial charge in [-0.05, 0) is 105 Å². The number of hydrogen-bond acceptors (Lipinski definition) is 9. The highest BCUT2D eigenvalue weighted by atomic mass is 16.5. The molecule has 0 aromatic heterocycles. The van der Waals surface area contributed by atoms with E-state index in [1.165, 1.54) is 24.0 Å². The smallest absolute Gasteiger partial charge is 0.300 e. The van der Waals surface area contributed by atoms with Crippen molar-refractivity contribution in [3.63, 3.8) is 0 Å². The molecule has 686 valence electrons. The first-order chi connectivity index (χ1) is 56.9. The molecule has 6 amide bonds. The summed E-state index contributed by atoms with van der Waals surface area (Å²) in [6, 6.07) is 38.9. The molecule has 6 aliphatic heterocycles. The number of rotatable bonds is 0. The maximum Gasteiger partial charge on any atom is 0.300 e. The summed E-state index contributed by atoms with van der Waals surface area (Å²) in [7, 11) is 13.1. The van der Waals surface area contributed by atoms with Gasteiger partial charge in [0.15, 0.2) is 0 Å². The van der Waals surface area contributed by atoms with Crippen LogP contribution >= 0.6 is 0 Å². The van der Waals surface area contributed by atoms with Gasteiger partial charge >= 0.3 is 0 Å². The predicted molar refractivity (Wildman–Crippen MR) is 532 cm³/mol. The van der Waals surface area contributed by atoms with Crippen LogP contribution < -0.4 is 19.6 Å². The molecule has 0 spiro atoms. The summed E-state index contributed by atoms with van der Waals surface area (Å²) >= 11 is 0. The number of hydrogen-bond donors (Lipinski definition) is 1. The van der Waals surface area contributed by atoms with Gasteiger partial charge in [0.2, 0.25) is 29.3 Å². The maximum atomic E-state index is 12.4. The normalized spacial score (nSPS) is 16.7. The van der Waals surface area contributed by atoms with Crippen molar-refractivity contribution < 1.29 is 38.7 Å². The molecular weight excluding hydrogens is 1460 g/mol. The summed E-state index contributed by atoms with van der Waals surface area (Å²) in [6.07, 6.45) is 5.42. The van der Waals surface area contributed by atoms with E-state index in [0.29, 0.717) is 11.6 Å². The molecule has 0 radical (unpaired) electrons. The number of hydroxylamine groups is 1. The second kappa shape index (κ2) is 91.3. The van der Waals surface area contributed by atoms with E-state index in [1.54, 1.807) is 40.6 Å². The molecule has 16 nitrogen and oxygen atoms in total. The zero-order chi connectivity index (χ0) is 95.7. The lowest BCUT2D eigenvalue weighted by atomic mass is 9.92. The number of para-hydroxylation sites is 4. The zero-order valence-electron chi connectivity index (χ0n) is 86.3. The summed E-state index contributed by atoms with van der Waals surface area (Å²) in [5, 5.41) is 9.91. The largest absolute Gasteiger partial charge is 0.346 e. The summed E-state index contributed by atoms with van der Waals surface area (Å²) in [6.45, 7) is 86.9. The van der Waals surface area contributed by atoms with Crippen molar-refractivity contribution in [2.24, 2.45) is 22.7 Å². The van der Waals surface area contributed by atoms with Crippen molar-refractivity contribution in [2.45, 2.75) is 341 Å². The average Bonchev–Trinajstić information content (AvgIpc) is 1.65. The average molecular weight is 1660 g/mol. The molecule has 0 aliphatic carbocycles. The SMILES string of the molecule is CC.CC.CC.CC.CC.CC.CC.CC.CC.CC.CC.CC.CC.CC.CC.CC.CC.CC1=NC(C)C(=O)N(C)c2ccccc21.CC1=[N+](O)C(C)C(=O)N(C)c2ccccc21.CC1C(=O)N(C)c2ccccc2-c2ccccc21.CC1CCCCN(C)C1=O.CC1CCc2ccccc2N(C)C1=O.CC1CN(C)CCN(C)C1=O. The Hall–Kier alpha value is -7.98. The van der Waals surface area contributed by atoms with E-state index in [1.807, 2.05) is 425 Å². The third kappa shape index (κ3) is 48.3. The number of aliphatic imine (C=N–C) groups is 1. The second-order valence-electron chi connectivity index (χ2n) is 23.1. The van der Waals surface area contributed by atoms with Crippen LogP contribution in [0.5, 0.6) is 0 Å².